The number of nitrogens with zero attached hydrogens (tertiary/aromatic N) is 4. The van der Waals surface area contributed by atoms with Gasteiger partial charge in [-0.15, -0.1) is 5.06 Å². The van der Waals surface area contributed by atoms with Gasteiger partial charge in [0.1, 0.15) is 12.3 Å². The summed E-state index contributed by atoms with van der Waals surface area (Å²) in [6.07, 6.45) is 3.58. The van der Waals surface area contributed by atoms with Gasteiger partial charge in [0.15, 0.2) is 6.54 Å². The number of hydrogen-bond acceptors (Lipinski definition) is 11. The molecule has 2 fully saturated rings. The van der Waals surface area contributed by atoms with Crippen LogP contribution in [-0.2, 0) is 57.7 Å². The topological polar surface area (TPSA) is 202 Å². The number of carbonyl (C=O) groups is 4. The Morgan fingerprint density at radius 2 is 1.57 bits per heavy atom. The van der Waals surface area contributed by atoms with Crippen molar-refractivity contribution in [3.8, 4) is 0 Å². The molecule has 318 valence electrons. The fourth-order valence-electron chi connectivity index (χ4n) is 9.56. The van der Waals surface area contributed by atoms with Gasteiger partial charge in [-0.2, -0.15) is 8.42 Å². The molecule has 4 aliphatic heterocycles. The van der Waals surface area contributed by atoms with Crippen LogP contribution in [0.4, 0.5) is 5.69 Å². The second kappa shape index (κ2) is 15.8. The lowest BCUT2D eigenvalue weighted by Crippen LogP contribution is -2.45. The summed E-state index contributed by atoms with van der Waals surface area (Å²) in [5.41, 5.74) is 7.07. The third-order valence-electron chi connectivity index (χ3n) is 12.7. The summed E-state index contributed by atoms with van der Waals surface area (Å²) in [7, 11) is -8.67. The van der Waals surface area contributed by atoms with Crippen LogP contribution in [0.15, 0.2) is 48.5 Å². The predicted octanol–water partition coefficient (Wildman–Crippen LogP) is 1.66. The standard InChI is InChI=1S/C43H48N4O11S2/c1-43(2)34-25-36-28(7-5-15-44(36)19-21-59(52,53)54)23-32(34)40(33-24-29-8-6-16-45(20-22-60(55,56)57)37(29)26-35(33)43)30-9-3-4-10-31(30)41(50)46-17-13-27(14-18-46)42(51)58-47-38(48)11-12-39(47)49/h3-4,9-10,23-27H,5-8,11-22H2,1-2H3,(H-,52,53,54,55,56,57). The van der Waals surface area contributed by atoms with Crippen LogP contribution in [0.3, 0.4) is 0 Å². The van der Waals surface area contributed by atoms with Gasteiger partial charge in [0.2, 0.25) is 5.36 Å². The molecule has 17 heteroatoms. The molecule has 2 saturated heterocycles. The van der Waals surface area contributed by atoms with Gasteiger partial charge < -0.3 is 19.2 Å². The second-order valence-corrected chi connectivity index (χ2v) is 20.0. The first kappa shape index (κ1) is 41.8. The zero-order chi connectivity index (χ0) is 42.7. The second-order valence-electron chi connectivity index (χ2n) is 16.9. The molecule has 1 N–H and O–H groups in total. The van der Waals surface area contributed by atoms with E-state index in [0.29, 0.717) is 29.3 Å². The van der Waals surface area contributed by atoms with Gasteiger partial charge >= 0.3 is 5.97 Å². The van der Waals surface area contributed by atoms with Crippen molar-refractivity contribution in [2.75, 3.05) is 55.7 Å². The molecule has 60 heavy (non-hydrogen) atoms. The molecule has 0 spiro atoms. The third kappa shape index (κ3) is 8.11. The Kier molecular flexibility index (Phi) is 11.0. The Hall–Kier alpha value is -4.97. The number of carbonyl (C=O) groups excluding carboxylic acids is 4. The molecule has 1 aliphatic carbocycles. The number of piperidine rings is 1. The van der Waals surface area contributed by atoms with Gasteiger partial charge in [-0.05, 0) is 95.0 Å². The minimum atomic E-state index is -4.46. The molecule has 0 atom stereocenters. The smallest absolute Gasteiger partial charge is 0.336 e. The summed E-state index contributed by atoms with van der Waals surface area (Å²) >= 11 is 0. The maximum absolute atomic E-state index is 14.7. The largest absolute Gasteiger partial charge is 0.748 e. The van der Waals surface area contributed by atoms with E-state index < -0.39 is 60.9 Å². The van der Waals surface area contributed by atoms with Crippen LogP contribution in [0.1, 0.15) is 96.1 Å². The first-order chi connectivity index (χ1) is 28.4. The average Bonchev–Trinajstić information content (AvgIpc) is 3.52. The molecule has 3 amide bonds. The molecule has 3 aromatic carbocycles. The van der Waals surface area contributed by atoms with Gasteiger partial charge in [-0.3, -0.25) is 18.9 Å². The number of hydrogen-bond donors (Lipinski definition) is 1. The van der Waals surface area contributed by atoms with Crippen molar-refractivity contribution in [1.29, 1.82) is 0 Å². The van der Waals surface area contributed by atoms with E-state index in [1.54, 1.807) is 11.0 Å². The maximum atomic E-state index is 14.7. The van der Waals surface area contributed by atoms with Crippen LogP contribution in [-0.4, -0.2) is 110 Å². The number of anilines is 1. The van der Waals surface area contributed by atoms with Gasteiger partial charge in [-0.25, -0.2) is 17.8 Å². The lowest BCUT2D eigenvalue weighted by atomic mass is 9.67. The minimum absolute atomic E-state index is 0.00220. The summed E-state index contributed by atoms with van der Waals surface area (Å²) in [5, 5.41) is 2.36. The summed E-state index contributed by atoms with van der Waals surface area (Å²) in [4.78, 5) is 60.6. The van der Waals surface area contributed by atoms with Gasteiger partial charge in [-0.1, -0.05) is 32.0 Å². The molecular weight excluding hydrogens is 813 g/mol. The highest BCUT2D eigenvalue weighted by Crippen LogP contribution is 2.45. The molecule has 0 unspecified atom stereocenters. The normalized spacial score (nSPS) is 19.2. The number of aryl methyl sites for hydroxylation is 2. The van der Waals surface area contributed by atoms with Crippen molar-refractivity contribution in [1.82, 2.24) is 14.5 Å². The van der Waals surface area contributed by atoms with E-state index in [0.717, 1.165) is 75.3 Å². The number of rotatable bonds is 10. The molecule has 5 aliphatic rings. The molecule has 4 heterocycles. The van der Waals surface area contributed by atoms with Crippen LogP contribution in [0, 0.1) is 5.92 Å². The van der Waals surface area contributed by atoms with Crippen molar-refractivity contribution in [2.45, 2.75) is 70.6 Å². The summed E-state index contributed by atoms with van der Waals surface area (Å²) < 4.78 is 70.5. The molecule has 8 rings (SSSR count). The van der Waals surface area contributed by atoms with E-state index in [-0.39, 0.29) is 57.8 Å². The zero-order valence-corrected chi connectivity index (χ0v) is 35.3. The summed E-state index contributed by atoms with van der Waals surface area (Å²) in [5.74, 6) is -3.53. The number of imide groups is 1. The Morgan fingerprint density at radius 1 is 0.867 bits per heavy atom. The highest BCUT2D eigenvalue weighted by molar-refractivity contribution is 7.86. The van der Waals surface area contributed by atoms with E-state index in [4.69, 9.17) is 4.84 Å². The van der Waals surface area contributed by atoms with Crippen molar-refractivity contribution >= 4 is 55.2 Å². The molecule has 0 radical (unpaired) electrons. The zero-order valence-electron chi connectivity index (χ0n) is 33.6. The van der Waals surface area contributed by atoms with Crippen molar-refractivity contribution < 1.29 is 50.0 Å². The van der Waals surface area contributed by atoms with Crippen LogP contribution in [0.5, 0.6) is 0 Å². The Bertz CT molecular complexity index is 2670. The van der Waals surface area contributed by atoms with Crippen LogP contribution in [0.2, 0.25) is 0 Å². The fraction of sp³-hybridized carbons (Fsp3) is 0.465. The lowest BCUT2D eigenvalue weighted by molar-refractivity contribution is -0.201. The Balaban J connectivity index is 1.24. The summed E-state index contributed by atoms with van der Waals surface area (Å²) in [6.45, 7) is 6.10. The minimum Gasteiger partial charge on any atom is -0.748 e. The average molecular weight is 861 g/mol. The number of amides is 3. The van der Waals surface area contributed by atoms with E-state index >= 15 is 0 Å². The predicted molar refractivity (Wildman–Crippen MR) is 219 cm³/mol. The monoisotopic (exact) mass is 860 g/mol. The van der Waals surface area contributed by atoms with Gasteiger partial charge in [0.25, 0.3) is 27.8 Å². The van der Waals surface area contributed by atoms with E-state index in [1.165, 1.54) is 0 Å². The number of fused-ring (bicyclic) bond motifs is 4. The number of likely N-dealkylation sites (tertiary alicyclic amines) is 1. The van der Waals surface area contributed by atoms with E-state index in [9.17, 15) is 45.1 Å². The van der Waals surface area contributed by atoms with Crippen molar-refractivity contribution in [2.24, 2.45) is 5.92 Å². The third-order valence-corrected chi connectivity index (χ3v) is 14.1. The number of hydroxylamine groups is 2. The van der Waals surface area contributed by atoms with E-state index in [2.05, 4.69) is 38.1 Å². The van der Waals surface area contributed by atoms with Crippen molar-refractivity contribution in [3.63, 3.8) is 0 Å². The maximum Gasteiger partial charge on any atom is 0.336 e. The van der Waals surface area contributed by atoms with E-state index in [1.807, 2.05) is 27.7 Å². The fourth-order valence-corrected chi connectivity index (χ4v) is 10.5. The highest BCUT2D eigenvalue weighted by Gasteiger charge is 2.39. The van der Waals surface area contributed by atoms with Crippen LogP contribution >= 0.6 is 0 Å². The van der Waals surface area contributed by atoms with Gasteiger partial charge in [0.05, 0.1) is 21.8 Å². The molecule has 15 nitrogen and oxygen atoms in total. The Morgan fingerprint density at radius 3 is 2.27 bits per heavy atom. The van der Waals surface area contributed by atoms with Crippen molar-refractivity contribution in [3.05, 3.63) is 98.1 Å². The highest BCUT2D eigenvalue weighted by atomic mass is 32.2. The Labute approximate surface area is 348 Å². The summed E-state index contributed by atoms with van der Waals surface area (Å²) in [6, 6.07) is 15.9. The number of benzene rings is 3. The molecule has 0 saturated carbocycles. The van der Waals surface area contributed by atoms with Crippen LogP contribution in [0.25, 0.3) is 5.57 Å². The SMILES string of the molecule is CC1(C)c2cc3c(cc2C(c2ccccc2C(=O)N2CCC(C(=O)ON4C(=O)CCC4=O)CC2)=c2cc4c(cc21)=[N+](CCS(=O)(=O)O)CCC4)CCCN3CCS(=O)(=O)[O-]. The molecule has 3 aromatic rings. The van der Waals surface area contributed by atoms with Crippen LogP contribution < -0.4 is 20.1 Å². The molecule has 0 aromatic heterocycles. The first-order valence-electron chi connectivity index (χ1n) is 20.5. The molecule has 0 bridgehead atoms. The van der Waals surface area contributed by atoms with Gasteiger partial charge in [0, 0.05) is 73.7 Å². The quantitative estimate of drug-likeness (QED) is 0.176. The first-order valence-corrected chi connectivity index (χ1v) is 23.7. The lowest BCUT2D eigenvalue weighted by Gasteiger charge is -2.39. The molecular formula is C43H48N4O11S2.